The molecule has 0 unspecified atom stereocenters. The molecular formula is C25H28ClN3O2. The van der Waals surface area contributed by atoms with E-state index in [9.17, 15) is 4.79 Å². The summed E-state index contributed by atoms with van der Waals surface area (Å²) in [4.78, 5) is 15.7. The molecule has 0 saturated carbocycles. The molecular weight excluding hydrogens is 410 g/mol. The van der Waals surface area contributed by atoms with Gasteiger partial charge in [0, 0.05) is 24.2 Å². The number of carbonyl (C=O) groups excluding carboxylic acids is 1. The second kappa shape index (κ2) is 8.75. The smallest absolute Gasteiger partial charge is 0.256 e. The number of aryl methyl sites for hydroxylation is 1. The Morgan fingerprint density at radius 3 is 2.52 bits per heavy atom. The summed E-state index contributed by atoms with van der Waals surface area (Å²) in [6, 6.07) is 15.7. The van der Waals surface area contributed by atoms with Gasteiger partial charge in [0.25, 0.3) is 5.91 Å². The first-order chi connectivity index (χ1) is 15.0. The lowest BCUT2D eigenvalue weighted by atomic mass is 9.87. The molecule has 1 amide bonds. The maximum Gasteiger partial charge on any atom is 0.256 e. The van der Waals surface area contributed by atoms with E-state index < -0.39 is 0 Å². The van der Waals surface area contributed by atoms with E-state index in [0.717, 1.165) is 36.2 Å². The van der Waals surface area contributed by atoms with Crippen LogP contribution in [-0.4, -0.2) is 33.7 Å². The van der Waals surface area contributed by atoms with E-state index >= 15 is 0 Å². The van der Waals surface area contributed by atoms with Gasteiger partial charge in [0.15, 0.2) is 0 Å². The summed E-state index contributed by atoms with van der Waals surface area (Å²) in [5.41, 5.74) is 4.99. The van der Waals surface area contributed by atoms with Crippen LogP contribution in [0.15, 0.2) is 48.5 Å². The normalized spacial score (nSPS) is 18.0. The van der Waals surface area contributed by atoms with Crippen molar-refractivity contribution < 1.29 is 9.53 Å². The number of carbonyl (C=O) groups is 1. The molecule has 0 radical (unpaired) electrons. The molecule has 0 fully saturated rings. The second-order valence-corrected chi connectivity index (χ2v) is 8.30. The number of benzene rings is 2. The summed E-state index contributed by atoms with van der Waals surface area (Å²) in [5.74, 6) is 0.440. The summed E-state index contributed by atoms with van der Waals surface area (Å²) in [5, 5.41) is 5.25. The maximum atomic E-state index is 13.8. The van der Waals surface area contributed by atoms with Crippen LogP contribution in [0.2, 0.25) is 5.02 Å². The minimum Gasteiger partial charge on any atom is -0.495 e. The van der Waals surface area contributed by atoms with Gasteiger partial charge in [-0.3, -0.25) is 9.48 Å². The molecule has 162 valence electrons. The average molecular weight is 438 g/mol. The topological polar surface area (TPSA) is 47.4 Å². The predicted octanol–water partition coefficient (Wildman–Crippen LogP) is 5.68. The molecule has 0 bridgehead atoms. The number of halogens is 1. The highest BCUT2D eigenvalue weighted by atomic mass is 35.5. The van der Waals surface area contributed by atoms with E-state index in [4.69, 9.17) is 21.4 Å². The molecule has 1 aliphatic heterocycles. The quantitative estimate of drug-likeness (QED) is 0.516. The van der Waals surface area contributed by atoms with Crippen molar-refractivity contribution in [2.45, 2.75) is 45.2 Å². The van der Waals surface area contributed by atoms with Crippen LogP contribution in [0.25, 0.3) is 11.3 Å². The predicted molar refractivity (Wildman–Crippen MR) is 124 cm³/mol. The second-order valence-electron chi connectivity index (χ2n) is 7.93. The molecule has 6 heteroatoms. The number of amides is 1. The largest absolute Gasteiger partial charge is 0.495 e. The first-order valence-electron chi connectivity index (χ1n) is 10.8. The Morgan fingerprint density at radius 1 is 1.13 bits per heavy atom. The van der Waals surface area contributed by atoms with Crippen LogP contribution in [-0.2, 0) is 13.5 Å². The Labute approximate surface area is 188 Å². The number of aromatic nitrogens is 2. The van der Waals surface area contributed by atoms with Crippen LogP contribution >= 0.6 is 11.6 Å². The average Bonchev–Trinajstić information content (AvgIpc) is 3.13. The van der Waals surface area contributed by atoms with Gasteiger partial charge in [0.05, 0.1) is 35.1 Å². The Bertz CT molecular complexity index is 1090. The van der Waals surface area contributed by atoms with Gasteiger partial charge >= 0.3 is 0 Å². The zero-order chi connectivity index (χ0) is 22.1. The Morgan fingerprint density at radius 2 is 1.87 bits per heavy atom. The lowest BCUT2D eigenvalue weighted by Gasteiger charge is -2.41. The Balaban J connectivity index is 1.82. The monoisotopic (exact) mass is 437 g/mol. The van der Waals surface area contributed by atoms with Crippen LogP contribution in [0.1, 0.15) is 54.3 Å². The fourth-order valence-electron chi connectivity index (χ4n) is 4.75. The molecule has 5 nitrogen and oxygen atoms in total. The van der Waals surface area contributed by atoms with Crippen molar-refractivity contribution in [1.29, 1.82) is 0 Å². The molecule has 1 aliphatic rings. The van der Waals surface area contributed by atoms with Gasteiger partial charge in [0.1, 0.15) is 5.75 Å². The molecule has 0 spiro atoms. The van der Waals surface area contributed by atoms with Gasteiger partial charge in [0.2, 0.25) is 0 Å². The number of hydrogen-bond acceptors (Lipinski definition) is 3. The number of ether oxygens (including phenoxy) is 1. The van der Waals surface area contributed by atoms with Crippen LogP contribution in [0.3, 0.4) is 0 Å². The van der Waals surface area contributed by atoms with Crippen LogP contribution in [0.4, 0.5) is 0 Å². The zero-order valence-corrected chi connectivity index (χ0v) is 19.2. The molecule has 2 atom stereocenters. The van der Waals surface area contributed by atoms with Gasteiger partial charge in [-0.25, -0.2) is 0 Å². The first kappa shape index (κ1) is 21.4. The first-order valence-corrected chi connectivity index (χ1v) is 11.2. The lowest BCUT2D eigenvalue weighted by Crippen LogP contribution is -2.47. The van der Waals surface area contributed by atoms with Crippen molar-refractivity contribution >= 4 is 17.5 Å². The van der Waals surface area contributed by atoms with Crippen molar-refractivity contribution in [2.75, 3.05) is 7.11 Å². The highest BCUT2D eigenvalue weighted by Gasteiger charge is 2.40. The molecule has 4 rings (SSSR count). The summed E-state index contributed by atoms with van der Waals surface area (Å²) in [6.45, 7) is 4.24. The fourth-order valence-corrected chi connectivity index (χ4v) is 5.03. The minimum atomic E-state index is -0.105. The Kier molecular flexibility index (Phi) is 6.05. The van der Waals surface area contributed by atoms with E-state index in [-0.39, 0.29) is 18.0 Å². The standard InChI is InChI=1S/C25H28ClN3O2/c1-5-17-15-19-23(27-28(3)24(19)16-11-8-7-9-12-16)20(6-2)29(17)25(30)18-13-10-14-21(31-4)22(18)26/h7-14,17,20H,5-6,15H2,1-4H3/t17-,20+/m0/s1. The lowest BCUT2D eigenvalue weighted by molar-refractivity contribution is 0.0513. The van der Waals surface area contributed by atoms with Crippen molar-refractivity contribution in [2.24, 2.45) is 7.05 Å². The van der Waals surface area contributed by atoms with E-state index in [1.54, 1.807) is 19.2 Å². The van der Waals surface area contributed by atoms with E-state index in [0.29, 0.717) is 16.3 Å². The van der Waals surface area contributed by atoms with Crippen molar-refractivity contribution in [1.82, 2.24) is 14.7 Å². The number of hydrogen-bond donors (Lipinski definition) is 0. The van der Waals surface area contributed by atoms with Gasteiger partial charge in [-0.2, -0.15) is 5.10 Å². The summed E-state index contributed by atoms with van der Waals surface area (Å²) in [7, 11) is 3.55. The van der Waals surface area contributed by atoms with Gasteiger partial charge < -0.3 is 9.64 Å². The molecule has 2 aromatic carbocycles. The van der Waals surface area contributed by atoms with Gasteiger partial charge in [-0.15, -0.1) is 0 Å². The minimum absolute atomic E-state index is 0.0684. The highest BCUT2D eigenvalue weighted by molar-refractivity contribution is 6.35. The van der Waals surface area contributed by atoms with Crippen LogP contribution in [0.5, 0.6) is 5.75 Å². The molecule has 0 N–H and O–H groups in total. The molecule has 2 heterocycles. The van der Waals surface area contributed by atoms with E-state index in [1.165, 1.54) is 5.56 Å². The molecule has 31 heavy (non-hydrogen) atoms. The number of rotatable bonds is 5. The van der Waals surface area contributed by atoms with Crippen LogP contribution in [0, 0.1) is 0 Å². The maximum absolute atomic E-state index is 13.8. The third kappa shape index (κ3) is 3.61. The number of methoxy groups -OCH3 is 1. The third-order valence-electron chi connectivity index (χ3n) is 6.21. The summed E-state index contributed by atoms with van der Waals surface area (Å²) < 4.78 is 7.30. The molecule has 0 saturated heterocycles. The van der Waals surface area contributed by atoms with E-state index in [2.05, 4.69) is 26.0 Å². The van der Waals surface area contributed by atoms with Gasteiger partial charge in [-0.05, 0) is 31.4 Å². The molecule has 3 aromatic rings. The third-order valence-corrected chi connectivity index (χ3v) is 6.60. The van der Waals surface area contributed by atoms with E-state index in [1.807, 2.05) is 40.9 Å². The molecule has 0 aliphatic carbocycles. The Hall–Kier alpha value is -2.79. The SMILES string of the molecule is CC[C@H]1Cc2c(nn(C)c2-c2ccccc2)[C@@H](CC)N1C(=O)c1cccc(OC)c1Cl. The molecule has 1 aromatic heterocycles. The number of fused-ring (bicyclic) bond motifs is 1. The van der Waals surface area contributed by atoms with Crippen molar-refractivity contribution in [3.8, 4) is 17.0 Å². The van der Waals surface area contributed by atoms with Crippen molar-refractivity contribution in [3.05, 3.63) is 70.4 Å². The van der Waals surface area contributed by atoms with Gasteiger partial charge in [-0.1, -0.05) is 61.8 Å². The fraction of sp³-hybridized carbons (Fsp3) is 0.360. The van der Waals surface area contributed by atoms with Crippen LogP contribution < -0.4 is 4.74 Å². The number of nitrogens with zero attached hydrogens (tertiary/aromatic N) is 3. The summed E-state index contributed by atoms with van der Waals surface area (Å²) >= 11 is 6.52. The summed E-state index contributed by atoms with van der Waals surface area (Å²) in [6.07, 6.45) is 2.40. The zero-order valence-electron chi connectivity index (χ0n) is 18.4. The van der Waals surface area contributed by atoms with Crippen molar-refractivity contribution in [3.63, 3.8) is 0 Å². The highest BCUT2D eigenvalue weighted by Crippen LogP contribution is 2.42.